The molecule has 1 rings (SSSR count). The van der Waals surface area contributed by atoms with Crippen LogP contribution in [0.15, 0.2) is 11.6 Å². The lowest BCUT2D eigenvalue weighted by atomic mass is 9.94. The summed E-state index contributed by atoms with van der Waals surface area (Å²) in [5.41, 5.74) is 0.746. The molecule has 0 amide bonds. The van der Waals surface area contributed by atoms with Gasteiger partial charge >= 0.3 is 5.97 Å². The predicted molar refractivity (Wildman–Crippen MR) is 60.6 cm³/mol. The summed E-state index contributed by atoms with van der Waals surface area (Å²) in [4.78, 5) is 11.3. The van der Waals surface area contributed by atoms with Gasteiger partial charge in [0.25, 0.3) is 0 Å². The van der Waals surface area contributed by atoms with E-state index < -0.39 is 0 Å². The minimum Gasteiger partial charge on any atom is -0.463 e. The van der Waals surface area contributed by atoms with Crippen molar-refractivity contribution in [1.82, 2.24) is 5.32 Å². The molecule has 1 N–H and O–H groups in total. The Morgan fingerprint density at radius 1 is 1.47 bits per heavy atom. The van der Waals surface area contributed by atoms with E-state index in [0.29, 0.717) is 6.61 Å². The summed E-state index contributed by atoms with van der Waals surface area (Å²) in [6.07, 6.45) is 5.46. The van der Waals surface area contributed by atoms with Gasteiger partial charge in [-0.15, -0.1) is 0 Å². The molecule has 0 bridgehead atoms. The van der Waals surface area contributed by atoms with Gasteiger partial charge in [0, 0.05) is 5.57 Å². The summed E-state index contributed by atoms with van der Waals surface area (Å²) in [5, 5.41) is 3.33. The molecule has 0 unspecified atom stereocenters. The van der Waals surface area contributed by atoms with Crippen LogP contribution in [0.25, 0.3) is 0 Å². The lowest BCUT2D eigenvalue weighted by Crippen LogP contribution is -2.27. The van der Waals surface area contributed by atoms with Gasteiger partial charge < -0.3 is 10.1 Å². The van der Waals surface area contributed by atoms with Gasteiger partial charge in [-0.25, -0.2) is 4.79 Å². The molecular weight excluding hydrogens is 190 g/mol. The van der Waals surface area contributed by atoms with Gasteiger partial charge in [0.1, 0.15) is 0 Å². The highest BCUT2D eigenvalue weighted by Gasteiger charge is 2.12. The largest absolute Gasteiger partial charge is 0.463 e. The summed E-state index contributed by atoms with van der Waals surface area (Å²) in [5.74, 6) is 0.557. The number of carbonyl (C=O) groups is 1. The molecule has 86 valence electrons. The number of hydrogen-bond acceptors (Lipinski definition) is 3. The zero-order valence-corrected chi connectivity index (χ0v) is 9.71. The van der Waals surface area contributed by atoms with Crippen molar-refractivity contribution in [3.05, 3.63) is 11.6 Å². The van der Waals surface area contributed by atoms with Crippen LogP contribution in [0.1, 0.15) is 33.1 Å². The molecule has 0 aromatic heterocycles. The molecule has 1 fully saturated rings. The number of allylic oxidation sites excluding steroid dienone is 1. The maximum atomic E-state index is 11.3. The predicted octanol–water partition coefficient (Wildman–Crippen LogP) is 1.89. The summed E-state index contributed by atoms with van der Waals surface area (Å²) in [7, 11) is 0. The number of rotatable bonds is 4. The molecule has 0 atom stereocenters. The Hall–Kier alpha value is -0.830. The molecule has 0 aromatic rings. The van der Waals surface area contributed by atoms with Crippen molar-refractivity contribution < 1.29 is 9.53 Å². The van der Waals surface area contributed by atoms with Crippen LogP contribution in [0.3, 0.4) is 0 Å². The zero-order chi connectivity index (χ0) is 11.1. The second kappa shape index (κ2) is 6.62. The highest BCUT2D eigenvalue weighted by Crippen LogP contribution is 2.17. The van der Waals surface area contributed by atoms with Gasteiger partial charge in [-0.05, 0) is 52.1 Å². The Labute approximate surface area is 91.9 Å². The molecular formula is C12H21NO2. The van der Waals surface area contributed by atoms with Gasteiger partial charge in [-0.3, -0.25) is 0 Å². The first kappa shape index (κ1) is 12.2. The Bertz CT molecular complexity index is 230. The fourth-order valence-electron chi connectivity index (χ4n) is 1.79. The van der Waals surface area contributed by atoms with Crippen molar-refractivity contribution in [2.75, 3.05) is 19.7 Å². The summed E-state index contributed by atoms with van der Waals surface area (Å²) in [6.45, 7) is 6.34. The van der Waals surface area contributed by atoms with Gasteiger partial charge in [0.15, 0.2) is 0 Å². The number of piperidine rings is 1. The molecule has 15 heavy (non-hydrogen) atoms. The number of nitrogens with one attached hydrogen (secondary N) is 1. The summed E-state index contributed by atoms with van der Waals surface area (Å²) >= 11 is 0. The molecule has 0 aromatic carbocycles. The van der Waals surface area contributed by atoms with E-state index in [4.69, 9.17) is 4.74 Å². The quantitative estimate of drug-likeness (QED) is 0.570. The van der Waals surface area contributed by atoms with Crippen LogP contribution in [0.4, 0.5) is 0 Å². The molecule has 3 heteroatoms. The maximum Gasteiger partial charge on any atom is 0.333 e. The normalized spacial score (nSPS) is 18.9. The lowest BCUT2D eigenvalue weighted by Gasteiger charge is -2.21. The van der Waals surface area contributed by atoms with E-state index >= 15 is 0 Å². The zero-order valence-electron chi connectivity index (χ0n) is 9.71. The summed E-state index contributed by atoms with van der Waals surface area (Å²) < 4.78 is 4.92. The second-order valence-corrected chi connectivity index (χ2v) is 4.04. The van der Waals surface area contributed by atoms with E-state index in [1.807, 2.05) is 19.9 Å². The molecule has 0 spiro atoms. The van der Waals surface area contributed by atoms with Crippen LogP contribution in [-0.2, 0) is 9.53 Å². The monoisotopic (exact) mass is 211 g/mol. The van der Waals surface area contributed by atoms with Gasteiger partial charge in [-0.1, -0.05) is 6.08 Å². The SMILES string of the molecule is CCOC(=O)/C(C)=C/CC1CCNCC1. The topological polar surface area (TPSA) is 38.3 Å². The molecule has 1 heterocycles. The van der Waals surface area contributed by atoms with Crippen molar-refractivity contribution in [2.45, 2.75) is 33.1 Å². The van der Waals surface area contributed by atoms with E-state index in [1.165, 1.54) is 12.8 Å². The van der Waals surface area contributed by atoms with Crippen molar-refractivity contribution >= 4 is 5.97 Å². The van der Waals surface area contributed by atoms with Crippen LogP contribution >= 0.6 is 0 Å². The van der Waals surface area contributed by atoms with Crippen LogP contribution in [-0.4, -0.2) is 25.7 Å². The molecule has 3 nitrogen and oxygen atoms in total. The van der Waals surface area contributed by atoms with E-state index in [-0.39, 0.29) is 5.97 Å². The van der Waals surface area contributed by atoms with Crippen LogP contribution in [0, 0.1) is 5.92 Å². The Morgan fingerprint density at radius 3 is 2.73 bits per heavy atom. The van der Waals surface area contributed by atoms with Crippen molar-refractivity contribution in [1.29, 1.82) is 0 Å². The fraction of sp³-hybridized carbons (Fsp3) is 0.750. The maximum absolute atomic E-state index is 11.3. The fourth-order valence-corrected chi connectivity index (χ4v) is 1.79. The third kappa shape index (κ3) is 4.47. The first-order valence-electron chi connectivity index (χ1n) is 5.78. The van der Waals surface area contributed by atoms with E-state index in [1.54, 1.807) is 0 Å². The van der Waals surface area contributed by atoms with E-state index in [2.05, 4.69) is 5.32 Å². The first-order chi connectivity index (χ1) is 7.24. The van der Waals surface area contributed by atoms with Crippen LogP contribution < -0.4 is 5.32 Å². The molecule has 0 radical (unpaired) electrons. The van der Waals surface area contributed by atoms with Gasteiger partial charge in [0.05, 0.1) is 6.61 Å². The molecule has 0 aliphatic carbocycles. The standard InChI is InChI=1S/C12H21NO2/c1-3-15-12(14)10(2)4-5-11-6-8-13-9-7-11/h4,11,13H,3,5-9H2,1-2H3/b10-4+. The number of ether oxygens (including phenoxy) is 1. The third-order valence-corrected chi connectivity index (χ3v) is 2.81. The van der Waals surface area contributed by atoms with Gasteiger partial charge in [-0.2, -0.15) is 0 Å². The number of carbonyl (C=O) groups excluding carboxylic acids is 1. The third-order valence-electron chi connectivity index (χ3n) is 2.81. The average molecular weight is 211 g/mol. The summed E-state index contributed by atoms with van der Waals surface area (Å²) in [6, 6.07) is 0. The molecule has 1 aliphatic rings. The van der Waals surface area contributed by atoms with Crippen molar-refractivity contribution in [2.24, 2.45) is 5.92 Å². The molecule has 1 saturated heterocycles. The minimum absolute atomic E-state index is 0.175. The Balaban J connectivity index is 2.31. The Kier molecular flexibility index (Phi) is 5.40. The smallest absolute Gasteiger partial charge is 0.333 e. The second-order valence-electron chi connectivity index (χ2n) is 4.04. The Morgan fingerprint density at radius 2 is 2.13 bits per heavy atom. The van der Waals surface area contributed by atoms with E-state index in [0.717, 1.165) is 31.0 Å². The molecule has 1 aliphatic heterocycles. The molecule has 0 saturated carbocycles. The first-order valence-corrected chi connectivity index (χ1v) is 5.78. The van der Waals surface area contributed by atoms with Crippen molar-refractivity contribution in [3.8, 4) is 0 Å². The lowest BCUT2D eigenvalue weighted by molar-refractivity contribution is -0.138. The van der Waals surface area contributed by atoms with Crippen LogP contribution in [0.2, 0.25) is 0 Å². The number of hydrogen-bond donors (Lipinski definition) is 1. The van der Waals surface area contributed by atoms with Crippen LogP contribution in [0.5, 0.6) is 0 Å². The highest BCUT2D eigenvalue weighted by atomic mass is 16.5. The van der Waals surface area contributed by atoms with E-state index in [9.17, 15) is 4.79 Å². The highest BCUT2D eigenvalue weighted by molar-refractivity contribution is 5.87. The van der Waals surface area contributed by atoms with Crippen molar-refractivity contribution in [3.63, 3.8) is 0 Å². The van der Waals surface area contributed by atoms with Gasteiger partial charge in [0.2, 0.25) is 0 Å². The minimum atomic E-state index is -0.175. The average Bonchev–Trinajstić information content (AvgIpc) is 2.27. The number of esters is 1.